The molecule has 0 bridgehead atoms. The minimum absolute atomic E-state index is 0. The first-order valence-electron chi connectivity index (χ1n) is 11.4. The molecule has 37 heavy (non-hydrogen) atoms. The van der Waals surface area contributed by atoms with Gasteiger partial charge in [0.05, 0.1) is 0 Å². The minimum Gasteiger partial charge on any atom is -0.457 e. The third kappa shape index (κ3) is 7.91. The average Bonchev–Trinajstić information content (AvgIpc) is 2.89. The SMILES string of the molecule is I.N=C(N)c1ccc(C(=O)NC(Cc2cccc(Oc3ccccc3)c2)C(=O)Nc2ccccc2)cc1. The molecule has 0 saturated heterocycles. The number of hydrogen-bond donors (Lipinski definition) is 4. The first-order chi connectivity index (χ1) is 17.5. The molecule has 2 amide bonds. The second kappa shape index (κ2) is 13.2. The van der Waals surface area contributed by atoms with Crippen LogP contribution in [-0.2, 0) is 11.2 Å². The molecule has 0 spiro atoms. The van der Waals surface area contributed by atoms with Crippen LogP contribution in [0.15, 0.2) is 109 Å². The Bertz CT molecular complexity index is 1350. The quantitative estimate of drug-likeness (QED) is 0.117. The van der Waals surface area contributed by atoms with E-state index in [0.29, 0.717) is 28.3 Å². The summed E-state index contributed by atoms with van der Waals surface area (Å²) in [7, 11) is 0. The molecule has 0 saturated carbocycles. The molecule has 4 aromatic carbocycles. The van der Waals surface area contributed by atoms with Gasteiger partial charge in [0.2, 0.25) is 5.91 Å². The van der Waals surface area contributed by atoms with Gasteiger partial charge in [-0.25, -0.2) is 0 Å². The maximum Gasteiger partial charge on any atom is 0.251 e. The number of carbonyl (C=O) groups excluding carboxylic acids is 2. The van der Waals surface area contributed by atoms with Crippen LogP contribution < -0.4 is 21.1 Å². The van der Waals surface area contributed by atoms with Gasteiger partial charge in [-0.2, -0.15) is 0 Å². The minimum atomic E-state index is -0.850. The molecular formula is C29H27IN4O3. The van der Waals surface area contributed by atoms with Crippen molar-refractivity contribution in [3.05, 3.63) is 126 Å². The van der Waals surface area contributed by atoms with Crippen LogP contribution >= 0.6 is 24.0 Å². The monoisotopic (exact) mass is 606 g/mol. The Morgan fingerprint density at radius 2 is 1.38 bits per heavy atom. The summed E-state index contributed by atoms with van der Waals surface area (Å²) in [5.41, 5.74) is 7.83. The lowest BCUT2D eigenvalue weighted by Gasteiger charge is -2.19. The number of nitrogen functional groups attached to an aromatic ring is 1. The van der Waals surface area contributed by atoms with Crippen LogP contribution in [0.4, 0.5) is 5.69 Å². The third-order valence-corrected chi connectivity index (χ3v) is 5.44. The van der Waals surface area contributed by atoms with Gasteiger partial charge in [-0.3, -0.25) is 15.0 Å². The molecular weight excluding hydrogens is 579 g/mol. The number of benzene rings is 4. The van der Waals surface area contributed by atoms with Gasteiger partial charge in [-0.15, -0.1) is 24.0 Å². The molecule has 188 valence electrons. The summed E-state index contributed by atoms with van der Waals surface area (Å²) in [4.78, 5) is 26.2. The number of carbonyl (C=O) groups is 2. The van der Waals surface area contributed by atoms with Gasteiger partial charge in [0.15, 0.2) is 0 Å². The first-order valence-corrected chi connectivity index (χ1v) is 11.4. The summed E-state index contributed by atoms with van der Waals surface area (Å²) >= 11 is 0. The molecule has 0 aliphatic rings. The van der Waals surface area contributed by atoms with Gasteiger partial charge in [0.1, 0.15) is 23.4 Å². The van der Waals surface area contributed by atoms with E-state index in [1.807, 2.05) is 72.8 Å². The van der Waals surface area contributed by atoms with Crippen molar-refractivity contribution in [1.82, 2.24) is 5.32 Å². The smallest absolute Gasteiger partial charge is 0.251 e. The van der Waals surface area contributed by atoms with Crippen molar-refractivity contribution in [1.29, 1.82) is 5.41 Å². The summed E-state index contributed by atoms with van der Waals surface area (Å²) in [6.45, 7) is 0. The Morgan fingerprint density at radius 1 is 0.784 bits per heavy atom. The largest absolute Gasteiger partial charge is 0.457 e. The zero-order valence-electron chi connectivity index (χ0n) is 19.9. The molecule has 4 aromatic rings. The highest BCUT2D eigenvalue weighted by atomic mass is 127. The molecule has 0 aliphatic carbocycles. The second-order valence-corrected chi connectivity index (χ2v) is 8.14. The lowest BCUT2D eigenvalue weighted by molar-refractivity contribution is -0.118. The van der Waals surface area contributed by atoms with Gasteiger partial charge in [0, 0.05) is 23.2 Å². The highest BCUT2D eigenvalue weighted by Crippen LogP contribution is 2.22. The topological polar surface area (TPSA) is 117 Å². The van der Waals surface area contributed by atoms with E-state index in [2.05, 4.69) is 10.6 Å². The van der Waals surface area contributed by atoms with Gasteiger partial charge in [0.25, 0.3) is 5.91 Å². The Labute approximate surface area is 232 Å². The van der Waals surface area contributed by atoms with Crippen molar-refractivity contribution in [2.75, 3.05) is 5.32 Å². The molecule has 0 fully saturated rings. The number of para-hydroxylation sites is 2. The highest BCUT2D eigenvalue weighted by Gasteiger charge is 2.22. The molecule has 0 aliphatic heterocycles. The maximum absolute atomic E-state index is 13.2. The Morgan fingerprint density at radius 3 is 2.03 bits per heavy atom. The molecule has 8 heteroatoms. The lowest BCUT2D eigenvalue weighted by Crippen LogP contribution is -2.45. The second-order valence-electron chi connectivity index (χ2n) is 8.14. The predicted octanol–water partition coefficient (Wildman–Crippen LogP) is 5.36. The molecule has 1 unspecified atom stereocenters. The lowest BCUT2D eigenvalue weighted by atomic mass is 10.0. The number of rotatable bonds is 9. The Kier molecular flexibility index (Phi) is 9.79. The van der Waals surface area contributed by atoms with E-state index >= 15 is 0 Å². The summed E-state index contributed by atoms with van der Waals surface area (Å²) in [5.74, 6) is 0.501. The van der Waals surface area contributed by atoms with E-state index in [9.17, 15) is 9.59 Å². The van der Waals surface area contributed by atoms with E-state index in [1.165, 1.54) is 0 Å². The Balaban J connectivity index is 0.00000380. The number of nitrogens with one attached hydrogen (secondary N) is 3. The molecule has 0 aromatic heterocycles. The number of halogens is 1. The molecule has 5 N–H and O–H groups in total. The molecule has 0 heterocycles. The fraction of sp³-hybridized carbons (Fsp3) is 0.0690. The molecule has 0 radical (unpaired) electrons. The summed E-state index contributed by atoms with van der Waals surface area (Å²) in [6, 6.07) is 31.4. The summed E-state index contributed by atoms with van der Waals surface area (Å²) < 4.78 is 5.92. The van der Waals surface area contributed by atoms with Crippen LogP contribution in [0.5, 0.6) is 11.5 Å². The standard InChI is InChI=1S/C29H26N4O3.HI/c30-27(31)21-14-16-22(17-15-21)28(34)33-26(29(35)32-23-9-3-1-4-10-23)19-20-8-7-13-25(18-20)36-24-11-5-2-6-12-24;/h1-18,26H,19H2,(H3,30,31)(H,32,35)(H,33,34);1H. The molecule has 4 rings (SSSR count). The zero-order chi connectivity index (χ0) is 25.3. The number of amidine groups is 1. The van der Waals surface area contributed by atoms with Crippen molar-refractivity contribution in [2.24, 2.45) is 5.73 Å². The highest BCUT2D eigenvalue weighted by molar-refractivity contribution is 14.0. The van der Waals surface area contributed by atoms with Crippen LogP contribution in [0.2, 0.25) is 0 Å². The molecule has 1 atom stereocenters. The van der Waals surface area contributed by atoms with Crippen molar-refractivity contribution < 1.29 is 14.3 Å². The zero-order valence-corrected chi connectivity index (χ0v) is 22.2. The van der Waals surface area contributed by atoms with Crippen LogP contribution in [-0.4, -0.2) is 23.7 Å². The van der Waals surface area contributed by atoms with Crippen molar-refractivity contribution in [3.8, 4) is 11.5 Å². The van der Waals surface area contributed by atoms with Crippen LogP contribution in [0, 0.1) is 5.41 Å². The number of hydrogen-bond acceptors (Lipinski definition) is 4. The summed E-state index contributed by atoms with van der Waals surface area (Å²) in [6.07, 6.45) is 0.252. The van der Waals surface area contributed by atoms with Crippen LogP contribution in [0.25, 0.3) is 0 Å². The summed E-state index contributed by atoms with van der Waals surface area (Å²) in [5, 5.41) is 13.2. The van der Waals surface area contributed by atoms with E-state index in [-0.39, 0.29) is 42.1 Å². The number of anilines is 1. The van der Waals surface area contributed by atoms with E-state index in [0.717, 1.165) is 5.56 Å². The average molecular weight is 606 g/mol. The maximum atomic E-state index is 13.2. The van der Waals surface area contributed by atoms with Crippen LogP contribution in [0.3, 0.4) is 0 Å². The normalized spacial score (nSPS) is 10.9. The van der Waals surface area contributed by atoms with Crippen LogP contribution in [0.1, 0.15) is 21.5 Å². The van der Waals surface area contributed by atoms with Gasteiger partial charge >= 0.3 is 0 Å². The van der Waals surface area contributed by atoms with Gasteiger partial charge < -0.3 is 21.1 Å². The van der Waals surface area contributed by atoms with Crippen molar-refractivity contribution >= 4 is 47.3 Å². The van der Waals surface area contributed by atoms with E-state index in [1.54, 1.807) is 36.4 Å². The van der Waals surface area contributed by atoms with Gasteiger partial charge in [-0.1, -0.05) is 60.7 Å². The van der Waals surface area contributed by atoms with Crippen molar-refractivity contribution in [3.63, 3.8) is 0 Å². The van der Waals surface area contributed by atoms with E-state index < -0.39 is 11.9 Å². The predicted molar refractivity (Wildman–Crippen MR) is 156 cm³/mol. The number of amides is 2. The number of ether oxygens (including phenoxy) is 1. The third-order valence-electron chi connectivity index (χ3n) is 5.44. The van der Waals surface area contributed by atoms with Crippen molar-refractivity contribution in [2.45, 2.75) is 12.5 Å². The first kappa shape index (κ1) is 27.4. The van der Waals surface area contributed by atoms with Gasteiger partial charge in [-0.05, 0) is 54.1 Å². The molecule has 7 nitrogen and oxygen atoms in total. The Hall–Kier alpha value is -4.18. The fourth-order valence-electron chi connectivity index (χ4n) is 3.60. The fourth-order valence-corrected chi connectivity index (χ4v) is 3.60. The number of nitrogens with two attached hydrogens (primary N) is 1. The van der Waals surface area contributed by atoms with E-state index in [4.69, 9.17) is 15.9 Å².